The zero-order valence-electron chi connectivity index (χ0n) is 10.7. The van der Waals surface area contributed by atoms with Gasteiger partial charge in [-0.15, -0.1) is 0 Å². The molecule has 0 saturated carbocycles. The highest BCUT2D eigenvalue weighted by Gasteiger charge is 2.24. The molecule has 0 unspecified atom stereocenters. The Morgan fingerprint density at radius 2 is 1.95 bits per heavy atom. The van der Waals surface area contributed by atoms with E-state index in [9.17, 15) is 10.2 Å². The molecule has 11 heteroatoms. The maximum absolute atomic E-state index is 9.26. The molecule has 0 aromatic carbocycles. The first kappa shape index (κ1) is 14.0. The molecule has 2 heterocycles. The lowest BCUT2D eigenvalue weighted by Gasteiger charge is -2.26. The van der Waals surface area contributed by atoms with E-state index >= 15 is 0 Å². The van der Waals surface area contributed by atoms with E-state index in [1.54, 1.807) is 6.92 Å². The Balaban J connectivity index is 2.36. The molecule has 2 aromatic rings. The lowest BCUT2D eigenvalue weighted by atomic mass is 10.1. The number of nitrogens with one attached hydrogen (secondary N) is 2. The molecule has 0 bridgehead atoms. The van der Waals surface area contributed by atoms with Crippen LogP contribution in [-0.2, 0) is 0 Å². The zero-order valence-corrected chi connectivity index (χ0v) is 10.7. The summed E-state index contributed by atoms with van der Waals surface area (Å²) in [5.74, 6) is 5.71. The first-order chi connectivity index (χ1) is 9.60. The van der Waals surface area contributed by atoms with Crippen LogP contribution < -0.4 is 16.6 Å². The van der Waals surface area contributed by atoms with E-state index in [1.807, 2.05) is 0 Å². The summed E-state index contributed by atoms with van der Waals surface area (Å²) in [4.78, 5) is 15.9. The third-order valence-corrected chi connectivity index (χ3v) is 2.49. The van der Waals surface area contributed by atoms with Crippen LogP contribution in [0.4, 0.5) is 11.9 Å². The van der Waals surface area contributed by atoms with Crippen molar-refractivity contribution in [2.24, 2.45) is 5.84 Å². The topological polar surface area (TPSA) is 160 Å². The third kappa shape index (κ3) is 2.96. The van der Waals surface area contributed by atoms with Crippen molar-refractivity contribution in [1.29, 1.82) is 0 Å². The van der Waals surface area contributed by atoms with Crippen LogP contribution in [0.2, 0.25) is 0 Å². The highest BCUT2D eigenvalue weighted by Crippen LogP contribution is 2.13. The first-order valence-electron chi connectivity index (χ1n) is 5.68. The molecular weight excluding hydrogens is 266 g/mol. The molecular formula is C9H15N9O2. The van der Waals surface area contributed by atoms with E-state index in [0.717, 1.165) is 0 Å². The predicted molar refractivity (Wildman–Crippen MR) is 68.8 cm³/mol. The van der Waals surface area contributed by atoms with Crippen LogP contribution in [0, 0.1) is 0 Å². The second-order valence-corrected chi connectivity index (χ2v) is 4.27. The Hall–Kier alpha value is -2.37. The van der Waals surface area contributed by atoms with Crippen molar-refractivity contribution in [2.75, 3.05) is 24.0 Å². The molecule has 11 nitrogen and oxygen atoms in total. The van der Waals surface area contributed by atoms with Crippen molar-refractivity contribution in [3.05, 3.63) is 12.7 Å². The van der Waals surface area contributed by atoms with Crippen molar-refractivity contribution in [3.8, 4) is 5.95 Å². The molecule has 0 fully saturated rings. The highest BCUT2D eigenvalue weighted by molar-refractivity contribution is 5.38. The molecule has 2 aromatic heterocycles. The normalized spacial score (nSPS) is 11.4. The Kier molecular flexibility index (Phi) is 4.02. The molecule has 0 aliphatic heterocycles. The second kappa shape index (κ2) is 5.73. The van der Waals surface area contributed by atoms with Crippen LogP contribution in [0.15, 0.2) is 12.7 Å². The quantitative estimate of drug-likeness (QED) is 0.293. The standard InChI is InChI=1S/C9H15N9O2/c1-9(2-19,3-20)16-6-13-7(17-10)15-8(14-6)18-5-11-4-12-18/h4-5,19-20H,2-3,10H2,1H3,(H2,13,14,15,16,17). The predicted octanol–water partition coefficient (Wildman–Crippen LogP) is -2.11. The smallest absolute Gasteiger partial charge is 0.258 e. The van der Waals surface area contributed by atoms with Gasteiger partial charge in [0.1, 0.15) is 12.7 Å². The number of anilines is 2. The molecule has 108 valence electrons. The fraction of sp³-hybridized carbons (Fsp3) is 0.444. The number of nitrogens with zero attached hydrogens (tertiary/aromatic N) is 6. The van der Waals surface area contributed by atoms with Gasteiger partial charge in [-0.25, -0.2) is 10.8 Å². The SMILES string of the molecule is CC(CO)(CO)Nc1nc(NN)nc(-n2cncn2)n1. The molecule has 0 aliphatic rings. The lowest BCUT2D eigenvalue weighted by Crippen LogP contribution is -2.43. The minimum Gasteiger partial charge on any atom is -0.394 e. The van der Waals surface area contributed by atoms with Crippen molar-refractivity contribution in [1.82, 2.24) is 29.7 Å². The van der Waals surface area contributed by atoms with Crippen LogP contribution in [0.25, 0.3) is 5.95 Å². The summed E-state index contributed by atoms with van der Waals surface area (Å²) in [5.41, 5.74) is 1.32. The summed E-state index contributed by atoms with van der Waals surface area (Å²) in [7, 11) is 0. The Bertz CT molecular complexity index is 555. The minimum absolute atomic E-state index is 0.103. The van der Waals surface area contributed by atoms with E-state index < -0.39 is 5.54 Å². The molecule has 0 spiro atoms. The summed E-state index contributed by atoms with van der Waals surface area (Å²) in [6.07, 6.45) is 2.74. The van der Waals surface area contributed by atoms with Crippen LogP contribution in [0.5, 0.6) is 0 Å². The number of nitrogens with two attached hydrogens (primary N) is 1. The van der Waals surface area contributed by atoms with E-state index in [1.165, 1.54) is 17.3 Å². The molecule has 0 radical (unpaired) electrons. The van der Waals surface area contributed by atoms with Crippen LogP contribution in [-0.4, -0.2) is 58.7 Å². The number of hydrogen-bond acceptors (Lipinski definition) is 10. The van der Waals surface area contributed by atoms with E-state index in [4.69, 9.17) is 5.84 Å². The molecule has 0 amide bonds. The zero-order chi connectivity index (χ0) is 14.6. The number of nitrogen functional groups attached to an aromatic ring is 1. The fourth-order valence-corrected chi connectivity index (χ4v) is 1.30. The maximum Gasteiger partial charge on any atom is 0.258 e. The van der Waals surface area contributed by atoms with Crippen LogP contribution in [0.3, 0.4) is 0 Å². The molecule has 20 heavy (non-hydrogen) atoms. The number of aromatic nitrogens is 6. The van der Waals surface area contributed by atoms with E-state index in [2.05, 4.69) is 35.8 Å². The van der Waals surface area contributed by atoms with Gasteiger partial charge in [0.25, 0.3) is 5.95 Å². The Labute approximate surface area is 113 Å². The van der Waals surface area contributed by atoms with Gasteiger partial charge in [0.2, 0.25) is 11.9 Å². The van der Waals surface area contributed by atoms with Gasteiger partial charge >= 0.3 is 0 Å². The van der Waals surface area contributed by atoms with Gasteiger partial charge in [-0.1, -0.05) is 0 Å². The first-order valence-corrected chi connectivity index (χ1v) is 5.68. The second-order valence-electron chi connectivity index (χ2n) is 4.27. The Morgan fingerprint density at radius 3 is 2.50 bits per heavy atom. The van der Waals surface area contributed by atoms with Gasteiger partial charge in [0.05, 0.1) is 18.8 Å². The highest BCUT2D eigenvalue weighted by atomic mass is 16.3. The van der Waals surface area contributed by atoms with Crippen LogP contribution >= 0.6 is 0 Å². The number of hydrazine groups is 1. The third-order valence-electron chi connectivity index (χ3n) is 2.49. The summed E-state index contributed by atoms with van der Waals surface area (Å²) in [6.45, 7) is 1.000. The Morgan fingerprint density at radius 1 is 1.25 bits per heavy atom. The molecule has 6 N–H and O–H groups in total. The summed E-state index contributed by atoms with van der Waals surface area (Å²) in [6, 6.07) is 0. The number of rotatable bonds is 6. The maximum atomic E-state index is 9.26. The fourth-order valence-electron chi connectivity index (χ4n) is 1.30. The molecule has 0 atom stereocenters. The van der Waals surface area contributed by atoms with Gasteiger partial charge in [-0.3, -0.25) is 5.43 Å². The van der Waals surface area contributed by atoms with Crippen LogP contribution in [0.1, 0.15) is 6.92 Å². The summed E-state index contributed by atoms with van der Waals surface area (Å²) in [5, 5.41) is 25.2. The van der Waals surface area contributed by atoms with Crippen molar-refractivity contribution in [3.63, 3.8) is 0 Å². The lowest BCUT2D eigenvalue weighted by molar-refractivity contribution is 0.147. The van der Waals surface area contributed by atoms with Gasteiger partial charge < -0.3 is 15.5 Å². The van der Waals surface area contributed by atoms with E-state index in [0.29, 0.717) is 0 Å². The molecule has 2 rings (SSSR count). The van der Waals surface area contributed by atoms with Crippen molar-refractivity contribution < 1.29 is 10.2 Å². The summed E-state index contributed by atoms with van der Waals surface area (Å²) >= 11 is 0. The number of aliphatic hydroxyl groups excluding tert-OH is 2. The monoisotopic (exact) mass is 281 g/mol. The van der Waals surface area contributed by atoms with Crippen molar-refractivity contribution >= 4 is 11.9 Å². The van der Waals surface area contributed by atoms with Gasteiger partial charge in [0.15, 0.2) is 0 Å². The average Bonchev–Trinajstić information content (AvgIpc) is 3.01. The minimum atomic E-state index is -0.979. The van der Waals surface area contributed by atoms with Gasteiger partial charge in [-0.05, 0) is 6.92 Å². The largest absolute Gasteiger partial charge is 0.394 e. The van der Waals surface area contributed by atoms with Gasteiger partial charge in [0, 0.05) is 0 Å². The van der Waals surface area contributed by atoms with E-state index in [-0.39, 0.29) is 31.1 Å². The average molecular weight is 281 g/mol. The van der Waals surface area contributed by atoms with Gasteiger partial charge in [-0.2, -0.15) is 24.7 Å². The number of hydrogen-bond donors (Lipinski definition) is 5. The van der Waals surface area contributed by atoms with Crippen molar-refractivity contribution in [2.45, 2.75) is 12.5 Å². The number of aliphatic hydroxyl groups is 2. The molecule has 0 saturated heterocycles. The summed E-state index contributed by atoms with van der Waals surface area (Å²) < 4.78 is 1.32. The molecule has 0 aliphatic carbocycles.